The third kappa shape index (κ3) is 4.28. The Morgan fingerprint density at radius 1 is 1.33 bits per heavy atom. The molecule has 1 amide bonds. The average Bonchev–Trinajstić information content (AvgIpc) is 3.24. The highest BCUT2D eigenvalue weighted by molar-refractivity contribution is 5.78. The smallest absolute Gasteiger partial charge is 0.228 e. The number of nitrogens with zero attached hydrogens (tertiary/aromatic N) is 4. The molecule has 0 radical (unpaired) electrons. The number of benzene rings is 1. The van der Waals surface area contributed by atoms with E-state index in [-0.39, 0.29) is 18.4 Å². The molecule has 7 nitrogen and oxygen atoms in total. The predicted molar refractivity (Wildman–Crippen MR) is 86.9 cm³/mol. The second-order valence-electron chi connectivity index (χ2n) is 5.59. The van der Waals surface area contributed by atoms with E-state index in [4.69, 9.17) is 4.52 Å². The monoisotopic (exact) mass is 325 g/mol. The molecule has 0 fully saturated rings. The van der Waals surface area contributed by atoms with Gasteiger partial charge in [-0.2, -0.15) is 5.10 Å². The highest BCUT2D eigenvalue weighted by Gasteiger charge is 2.16. The van der Waals surface area contributed by atoms with Crippen LogP contribution in [0.3, 0.4) is 0 Å². The van der Waals surface area contributed by atoms with E-state index in [0.29, 0.717) is 18.7 Å². The van der Waals surface area contributed by atoms with Crippen molar-refractivity contribution >= 4 is 5.91 Å². The van der Waals surface area contributed by atoms with Crippen LogP contribution in [0.25, 0.3) is 0 Å². The van der Waals surface area contributed by atoms with E-state index in [2.05, 4.69) is 20.6 Å². The Hall–Kier alpha value is -2.96. The number of aromatic nitrogens is 4. The van der Waals surface area contributed by atoms with Crippen molar-refractivity contribution in [2.75, 3.05) is 0 Å². The second-order valence-corrected chi connectivity index (χ2v) is 5.59. The van der Waals surface area contributed by atoms with E-state index in [1.54, 1.807) is 17.1 Å². The molecule has 0 aliphatic carbocycles. The molecule has 7 heteroatoms. The van der Waals surface area contributed by atoms with Crippen molar-refractivity contribution in [3.05, 3.63) is 66.1 Å². The summed E-state index contributed by atoms with van der Waals surface area (Å²) in [6.45, 7) is 2.50. The van der Waals surface area contributed by atoms with Crippen molar-refractivity contribution in [3.63, 3.8) is 0 Å². The molecule has 0 aliphatic heterocycles. The fourth-order valence-electron chi connectivity index (χ4n) is 2.52. The molecule has 0 unspecified atom stereocenters. The molecule has 3 rings (SSSR count). The van der Waals surface area contributed by atoms with E-state index >= 15 is 0 Å². The third-order valence-electron chi connectivity index (χ3n) is 3.66. The Labute approximate surface area is 139 Å². The first-order chi connectivity index (χ1) is 11.7. The number of rotatable bonds is 7. The Kier molecular flexibility index (Phi) is 5.00. The number of hydrogen-bond donors (Lipinski definition) is 1. The maximum atomic E-state index is 12.3. The van der Waals surface area contributed by atoms with E-state index in [1.807, 2.05) is 37.3 Å². The lowest BCUT2D eigenvalue weighted by molar-refractivity contribution is -0.121. The van der Waals surface area contributed by atoms with Crippen molar-refractivity contribution in [3.8, 4) is 0 Å². The topological polar surface area (TPSA) is 85.8 Å². The van der Waals surface area contributed by atoms with Crippen molar-refractivity contribution in [2.45, 2.75) is 32.4 Å². The van der Waals surface area contributed by atoms with Gasteiger partial charge in [0.25, 0.3) is 0 Å². The minimum Gasteiger partial charge on any atom is -0.361 e. The average molecular weight is 325 g/mol. The maximum Gasteiger partial charge on any atom is 0.228 e. The van der Waals surface area contributed by atoms with Crippen LogP contribution < -0.4 is 5.32 Å². The van der Waals surface area contributed by atoms with Gasteiger partial charge in [0.1, 0.15) is 18.4 Å². The van der Waals surface area contributed by atoms with Crippen LogP contribution in [0.1, 0.15) is 29.5 Å². The quantitative estimate of drug-likeness (QED) is 0.718. The van der Waals surface area contributed by atoms with Gasteiger partial charge in [0, 0.05) is 12.6 Å². The van der Waals surface area contributed by atoms with E-state index in [9.17, 15) is 4.79 Å². The molecule has 0 saturated heterocycles. The Bertz CT molecular complexity index is 767. The molecule has 0 aliphatic rings. The van der Waals surface area contributed by atoms with Crippen LogP contribution in [0.4, 0.5) is 0 Å². The zero-order valence-electron chi connectivity index (χ0n) is 13.4. The molecule has 0 saturated carbocycles. The lowest BCUT2D eigenvalue weighted by atomic mass is 10.0. The molecule has 0 spiro atoms. The highest BCUT2D eigenvalue weighted by Crippen LogP contribution is 2.17. The molecule has 0 bridgehead atoms. The summed E-state index contributed by atoms with van der Waals surface area (Å²) in [6, 6.07) is 11.6. The molecular formula is C17H19N5O2. The SMILES string of the molecule is Cc1cc(CC(=O)N[C@H](CCn2cncn2)c2ccccc2)on1. The first-order valence-electron chi connectivity index (χ1n) is 7.79. The number of nitrogens with one attached hydrogen (secondary N) is 1. The zero-order chi connectivity index (χ0) is 16.8. The van der Waals surface area contributed by atoms with Gasteiger partial charge in [-0.25, -0.2) is 4.98 Å². The van der Waals surface area contributed by atoms with Crippen molar-refractivity contribution < 1.29 is 9.32 Å². The van der Waals surface area contributed by atoms with E-state index < -0.39 is 0 Å². The molecular weight excluding hydrogens is 306 g/mol. The molecule has 3 aromatic rings. The molecule has 24 heavy (non-hydrogen) atoms. The van der Waals surface area contributed by atoms with Crippen LogP contribution in [0.2, 0.25) is 0 Å². The van der Waals surface area contributed by atoms with Gasteiger partial charge in [0.05, 0.1) is 18.2 Å². The fraction of sp³-hybridized carbons (Fsp3) is 0.294. The number of carbonyl (C=O) groups excluding carboxylic acids is 1. The van der Waals surface area contributed by atoms with Gasteiger partial charge < -0.3 is 9.84 Å². The van der Waals surface area contributed by atoms with Crippen molar-refractivity contribution in [2.24, 2.45) is 0 Å². The Balaban J connectivity index is 1.65. The summed E-state index contributed by atoms with van der Waals surface area (Å²) in [5, 5.41) is 11.0. The first kappa shape index (κ1) is 15.9. The fourth-order valence-corrected chi connectivity index (χ4v) is 2.52. The number of aryl methyl sites for hydroxylation is 2. The summed E-state index contributed by atoms with van der Waals surface area (Å²) in [6.07, 6.45) is 4.06. The summed E-state index contributed by atoms with van der Waals surface area (Å²) < 4.78 is 6.86. The lowest BCUT2D eigenvalue weighted by Gasteiger charge is -2.19. The van der Waals surface area contributed by atoms with Gasteiger partial charge in [0.15, 0.2) is 0 Å². The number of amides is 1. The van der Waals surface area contributed by atoms with Crippen LogP contribution in [-0.4, -0.2) is 25.8 Å². The highest BCUT2D eigenvalue weighted by atomic mass is 16.5. The van der Waals surface area contributed by atoms with Gasteiger partial charge in [0.2, 0.25) is 5.91 Å². The summed E-state index contributed by atoms with van der Waals surface area (Å²) in [5.74, 6) is 0.465. The molecule has 2 heterocycles. The summed E-state index contributed by atoms with van der Waals surface area (Å²) in [5.41, 5.74) is 1.82. The van der Waals surface area contributed by atoms with Crippen molar-refractivity contribution in [1.29, 1.82) is 0 Å². The van der Waals surface area contributed by atoms with Crippen LogP contribution in [-0.2, 0) is 17.8 Å². The van der Waals surface area contributed by atoms with Gasteiger partial charge in [-0.1, -0.05) is 35.5 Å². The largest absolute Gasteiger partial charge is 0.361 e. The van der Waals surface area contributed by atoms with E-state index in [1.165, 1.54) is 6.33 Å². The molecule has 124 valence electrons. The summed E-state index contributed by atoms with van der Waals surface area (Å²) in [4.78, 5) is 16.3. The number of hydrogen-bond acceptors (Lipinski definition) is 5. The maximum absolute atomic E-state index is 12.3. The Morgan fingerprint density at radius 3 is 2.83 bits per heavy atom. The van der Waals surface area contributed by atoms with Gasteiger partial charge in [-0.05, 0) is 18.9 Å². The van der Waals surface area contributed by atoms with Gasteiger partial charge >= 0.3 is 0 Å². The minimum atomic E-state index is -0.105. The van der Waals surface area contributed by atoms with Crippen LogP contribution >= 0.6 is 0 Å². The van der Waals surface area contributed by atoms with Gasteiger partial charge in [-0.3, -0.25) is 9.48 Å². The number of carbonyl (C=O) groups is 1. The first-order valence-corrected chi connectivity index (χ1v) is 7.79. The van der Waals surface area contributed by atoms with Crippen LogP contribution in [0.5, 0.6) is 0 Å². The van der Waals surface area contributed by atoms with Crippen LogP contribution in [0.15, 0.2) is 53.6 Å². The molecule has 1 N–H and O–H groups in total. The summed E-state index contributed by atoms with van der Waals surface area (Å²) in [7, 11) is 0. The lowest BCUT2D eigenvalue weighted by Crippen LogP contribution is -2.30. The summed E-state index contributed by atoms with van der Waals surface area (Å²) >= 11 is 0. The zero-order valence-corrected chi connectivity index (χ0v) is 13.4. The van der Waals surface area contributed by atoms with Crippen LogP contribution in [0, 0.1) is 6.92 Å². The van der Waals surface area contributed by atoms with E-state index in [0.717, 1.165) is 11.3 Å². The predicted octanol–water partition coefficient (Wildman–Crippen LogP) is 2.06. The molecule has 1 atom stereocenters. The normalized spacial score (nSPS) is 12.0. The minimum absolute atomic E-state index is 0.0985. The third-order valence-corrected chi connectivity index (χ3v) is 3.66. The Morgan fingerprint density at radius 2 is 2.17 bits per heavy atom. The van der Waals surface area contributed by atoms with Crippen molar-refractivity contribution in [1.82, 2.24) is 25.2 Å². The van der Waals surface area contributed by atoms with Gasteiger partial charge in [-0.15, -0.1) is 0 Å². The molecule has 2 aromatic heterocycles. The standard InChI is InChI=1S/C17H19N5O2/c1-13-9-15(24-21-13)10-17(23)20-16(14-5-3-2-4-6-14)7-8-22-12-18-11-19-22/h2-6,9,11-12,16H,7-8,10H2,1H3,(H,20,23)/t16-/m1/s1. The second kappa shape index (κ2) is 7.54. The molecule has 1 aromatic carbocycles.